The van der Waals surface area contributed by atoms with Crippen LogP contribution in [-0.4, -0.2) is 36.9 Å². The van der Waals surface area contributed by atoms with Crippen LogP contribution in [0.15, 0.2) is 35.7 Å². The first kappa shape index (κ1) is 15.7. The maximum Gasteiger partial charge on any atom is 0.140 e. The zero-order valence-corrected chi connectivity index (χ0v) is 14.8. The number of nitrogens with zero attached hydrogens (tertiary/aromatic N) is 1. The third kappa shape index (κ3) is 3.06. The summed E-state index contributed by atoms with van der Waals surface area (Å²) in [5, 5.41) is 17.0. The van der Waals surface area contributed by atoms with E-state index in [1.807, 2.05) is 17.5 Å². The third-order valence-electron chi connectivity index (χ3n) is 5.30. The smallest absolute Gasteiger partial charge is 0.140 e. The lowest BCUT2D eigenvalue weighted by molar-refractivity contribution is 0.285. The van der Waals surface area contributed by atoms with Gasteiger partial charge in [-0.1, -0.05) is 6.07 Å². The Bertz CT molecular complexity index is 725. The second-order valence-corrected chi connectivity index (χ2v) is 7.82. The molecule has 2 aromatic rings. The summed E-state index contributed by atoms with van der Waals surface area (Å²) in [4.78, 5) is 3.48. The van der Waals surface area contributed by atoms with Crippen LogP contribution in [0.4, 0.5) is 11.4 Å². The van der Waals surface area contributed by atoms with Gasteiger partial charge in [0.05, 0.1) is 4.88 Å². The molecule has 0 amide bonds. The first-order valence-corrected chi connectivity index (χ1v) is 9.56. The van der Waals surface area contributed by atoms with Crippen LogP contribution in [0.2, 0.25) is 0 Å². The highest BCUT2D eigenvalue weighted by molar-refractivity contribution is 7.12. The summed E-state index contributed by atoms with van der Waals surface area (Å²) in [6.45, 7) is 2.27. The monoisotopic (exact) mass is 340 g/mol. The number of hydrogen-bond donors (Lipinski definition) is 3. The van der Waals surface area contributed by atoms with E-state index in [-0.39, 0.29) is 0 Å². The third-order valence-corrected chi connectivity index (χ3v) is 6.18. The number of likely N-dealkylation sites (tertiary alicyclic amines) is 1. The lowest BCUT2D eigenvalue weighted by Gasteiger charge is -2.23. The van der Waals surface area contributed by atoms with Gasteiger partial charge in [0, 0.05) is 29.9 Å². The molecule has 0 bridgehead atoms. The van der Waals surface area contributed by atoms with Gasteiger partial charge in [-0.15, -0.1) is 11.3 Å². The predicted octanol–water partition coefficient (Wildman–Crippen LogP) is 4.18. The summed E-state index contributed by atoms with van der Waals surface area (Å²) in [6, 6.07) is 11.1. The van der Waals surface area contributed by atoms with E-state index in [2.05, 4.69) is 40.8 Å². The molecule has 2 aliphatic heterocycles. The molecule has 1 aromatic heterocycles. The average molecular weight is 340 g/mol. The first-order chi connectivity index (χ1) is 11.7. The fraction of sp³-hybridized carbons (Fsp3) is 0.421. The van der Waals surface area contributed by atoms with Crippen molar-refractivity contribution < 1.29 is 0 Å². The van der Waals surface area contributed by atoms with Gasteiger partial charge in [-0.2, -0.15) is 0 Å². The highest BCUT2D eigenvalue weighted by Gasteiger charge is 2.29. The number of thiophene rings is 1. The predicted molar refractivity (Wildman–Crippen MR) is 103 cm³/mol. The van der Waals surface area contributed by atoms with Crippen molar-refractivity contribution in [2.24, 2.45) is 0 Å². The molecule has 3 N–H and O–H groups in total. The summed E-state index contributed by atoms with van der Waals surface area (Å²) in [5.74, 6) is 1.05. The van der Waals surface area contributed by atoms with Gasteiger partial charge in [0.25, 0.3) is 0 Å². The minimum absolute atomic E-state index is 0.475. The summed E-state index contributed by atoms with van der Waals surface area (Å²) in [7, 11) is 2.25. The molecular weight excluding hydrogens is 316 g/mol. The zero-order chi connectivity index (χ0) is 16.5. The van der Waals surface area contributed by atoms with Crippen molar-refractivity contribution in [1.29, 1.82) is 5.41 Å². The van der Waals surface area contributed by atoms with Crippen LogP contribution in [0.3, 0.4) is 0 Å². The van der Waals surface area contributed by atoms with Crippen LogP contribution in [0, 0.1) is 5.41 Å². The van der Waals surface area contributed by atoms with E-state index in [0.29, 0.717) is 17.8 Å². The van der Waals surface area contributed by atoms with Crippen LogP contribution in [0.25, 0.3) is 0 Å². The number of anilines is 2. The molecule has 3 heterocycles. The number of rotatable bonds is 4. The normalized spacial score (nSPS) is 23.0. The molecule has 0 spiro atoms. The highest BCUT2D eigenvalue weighted by atomic mass is 32.1. The summed E-state index contributed by atoms with van der Waals surface area (Å²) < 4.78 is 0. The highest BCUT2D eigenvalue weighted by Crippen LogP contribution is 2.38. The number of nitrogens with one attached hydrogen (secondary N) is 3. The summed E-state index contributed by atoms with van der Waals surface area (Å²) in [5.41, 5.74) is 3.67. The Balaban J connectivity index is 1.49. The van der Waals surface area contributed by atoms with Crippen molar-refractivity contribution in [2.75, 3.05) is 30.8 Å². The van der Waals surface area contributed by atoms with Crippen LogP contribution in [-0.2, 0) is 0 Å². The maximum atomic E-state index is 8.22. The second-order valence-electron chi connectivity index (χ2n) is 6.87. The van der Waals surface area contributed by atoms with E-state index in [1.54, 1.807) is 11.3 Å². The molecule has 2 aliphatic rings. The Morgan fingerprint density at radius 2 is 2.33 bits per heavy atom. The van der Waals surface area contributed by atoms with E-state index < -0.39 is 0 Å². The van der Waals surface area contributed by atoms with Gasteiger partial charge in [0.2, 0.25) is 0 Å². The molecule has 1 saturated heterocycles. The lowest BCUT2D eigenvalue weighted by atomic mass is 9.92. The summed E-state index contributed by atoms with van der Waals surface area (Å²) >= 11 is 1.59. The molecule has 0 saturated carbocycles. The second kappa shape index (κ2) is 6.57. The SMILES string of the molecule is CN1CCC[C@@H]1CC1CNc2ccc(NC(=N)c3cccs3)cc21. The molecule has 1 unspecified atom stereocenters. The van der Waals surface area contributed by atoms with Crippen LogP contribution in [0.5, 0.6) is 0 Å². The standard InChI is InChI=1S/C19H24N4S/c1-23-8-2-4-15(23)10-13-12-21-17-7-6-14(11-16(13)17)22-19(20)18-5-3-9-24-18/h3,5-7,9,11,13,15,21H,2,4,8,10,12H2,1H3,(H2,20,22)/t13?,15-/m1/s1. The Labute approximate surface area is 147 Å². The van der Waals surface area contributed by atoms with Gasteiger partial charge >= 0.3 is 0 Å². The van der Waals surface area contributed by atoms with Gasteiger partial charge in [0.15, 0.2) is 0 Å². The maximum absolute atomic E-state index is 8.22. The lowest BCUT2D eigenvalue weighted by Crippen LogP contribution is -2.27. The molecule has 5 heteroatoms. The van der Waals surface area contributed by atoms with Crippen molar-refractivity contribution >= 4 is 28.5 Å². The molecule has 4 rings (SSSR count). The minimum Gasteiger partial charge on any atom is -0.384 e. The zero-order valence-electron chi connectivity index (χ0n) is 14.0. The number of benzene rings is 1. The molecule has 24 heavy (non-hydrogen) atoms. The fourth-order valence-corrected chi connectivity index (χ4v) is 4.55. The molecule has 0 radical (unpaired) electrons. The van der Waals surface area contributed by atoms with Crippen molar-refractivity contribution in [3.05, 3.63) is 46.2 Å². The Morgan fingerprint density at radius 1 is 1.42 bits per heavy atom. The molecule has 4 nitrogen and oxygen atoms in total. The fourth-order valence-electron chi connectivity index (χ4n) is 3.92. The molecular formula is C19H24N4S. The number of amidine groups is 1. The Morgan fingerprint density at radius 3 is 3.08 bits per heavy atom. The molecule has 2 atom stereocenters. The van der Waals surface area contributed by atoms with Gasteiger partial charge in [-0.05, 0) is 68.1 Å². The first-order valence-electron chi connectivity index (χ1n) is 8.68. The van der Waals surface area contributed by atoms with E-state index in [0.717, 1.165) is 17.1 Å². The van der Waals surface area contributed by atoms with E-state index >= 15 is 0 Å². The van der Waals surface area contributed by atoms with E-state index in [9.17, 15) is 0 Å². The van der Waals surface area contributed by atoms with Crippen molar-refractivity contribution in [3.63, 3.8) is 0 Å². The summed E-state index contributed by atoms with van der Waals surface area (Å²) in [6.07, 6.45) is 3.87. The molecule has 126 valence electrons. The Hall–Kier alpha value is -1.85. The average Bonchev–Trinajstić information content (AvgIpc) is 3.31. The van der Waals surface area contributed by atoms with Crippen molar-refractivity contribution in [2.45, 2.75) is 31.2 Å². The number of hydrogen-bond acceptors (Lipinski definition) is 4. The van der Waals surface area contributed by atoms with Crippen molar-refractivity contribution in [3.8, 4) is 0 Å². The molecule has 0 aliphatic carbocycles. The quantitative estimate of drug-likeness (QED) is 0.578. The van der Waals surface area contributed by atoms with Gasteiger partial charge in [-0.25, -0.2) is 0 Å². The topological polar surface area (TPSA) is 51.1 Å². The van der Waals surface area contributed by atoms with Gasteiger partial charge in [-0.3, -0.25) is 5.41 Å². The van der Waals surface area contributed by atoms with E-state index in [1.165, 1.54) is 37.1 Å². The Kier molecular flexibility index (Phi) is 4.29. The van der Waals surface area contributed by atoms with Gasteiger partial charge in [0.1, 0.15) is 5.84 Å². The molecule has 1 aromatic carbocycles. The van der Waals surface area contributed by atoms with Gasteiger partial charge < -0.3 is 15.5 Å². The van der Waals surface area contributed by atoms with Crippen LogP contribution >= 0.6 is 11.3 Å². The minimum atomic E-state index is 0.475. The van der Waals surface area contributed by atoms with Crippen LogP contribution < -0.4 is 10.6 Å². The number of fused-ring (bicyclic) bond motifs is 1. The van der Waals surface area contributed by atoms with Crippen LogP contribution in [0.1, 0.15) is 35.6 Å². The largest absolute Gasteiger partial charge is 0.384 e. The van der Waals surface area contributed by atoms with E-state index in [4.69, 9.17) is 5.41 Å². The van der Waals surface area contributed by atoms with Crippen molar-refractivity contribution in [1.82, 2.24) is 4.90 Å². The molecule has 1 fully saturated rings.